The first-order valence-corrected chi connectivity index (χ1v) is 10.0. The number of anilines is 1. The van der Waals surface area contributed by atoms with E-state index in [-0.39, 0.29) is 5.91 Å². The first kappa shape index (κ1) is 20.0. The molecule has 0 saturated carbocycles. The molecule has 7 heteroatoms. The van der Waals surface area contributed by atoms with E-state index >= 15 is 0 Å². The van der Waals surface area contributed by atoms with E-state index in [0.717, 1.165) is 37.6 Å². The predicted molar refractivity (Wildman–Crippen MR) is 115 cm³/mol. The number of carbonyl (C=O) groups is 1. The number of morpholine rings is 1. The lowest BCUT2D eigenvalue weighted by atomic mass is 10.1. The molecular formula is C23H26N4O3. The second kappa shape index (κ2) is 9.00. The quantitative estimate of drug-likeness (QED) is 0.630. The summed E-state index contributed by atoms with van der Waals surface area (Å²) >= 11 is 0. The number of benzene rings is 2. The molecule has 0 unspecified atom stereocenters. The van der Waals surface area contributed by atoms with Crippen molar-refractivity contribution in [1.82, 2.24) is 14.7 Å². The fourth-order valence-corrected chi connectivity index (χ4v) is 3.53. The maximum Gasteiger partial charge on any atom is 0.278 e. The summed E-state index contributed by atoms with van der Waals surface area (Å²) < 4.78 is 12.5. The van der Waals surface area contributed by atoms with Gasteiger partial charge in [0.2, 0.25) is 0 Å². The maximum absolute atomic E-state index is 13.0. The molecule has 0 radical (unpaired) electrons. The van der Waals surface area contributed by atoms with Crippen LogP contribution in [0.15, 0.2) is 60.8 Å². The zero-order chi connectivity index (χ0) is 20.9. The number of hydrogen-bond acceptors (Lipinski definition) is 5. The topological polar surface area (TPSA) is 59.8 Å². The molecule has 2 aromatic carbocycles. The highest BCUT2D eigenvalue weighted by Crippen LogP contribution is 2.22. The first-order chi connectivity index (χ1) is 14.7. The molecule has 1 aromatic heterocycles. The molecule has 0 bridgehead atoms. The Bertz CT molecular complexity index is 979. The van der Waals surface area contributed by atoms with Crippen LogP contribution in [0.3, 0.4) is 0 Å². The van der Waals surface area contributed by atoms with Crippen molar-refractivity contribution in [3.05, 3.63) is 72.1 Å². The molecule has 1 saturated heterocycles. The normalized spacial score (nSPS) is 13.9. The SMILES string of the molecule is COc1cn(-c2ccccc2)nc1C(=O)N(C)Cc1ccc(N2CCOCC2)cc1. The Morgan fingerprint density at radius 3 is 2.43 bits per heavy atom. The summed E-state index contributed by atoms with van der Waals surface area (Å²) in [6, 6.07) is 18.0. The van der Waals surface area contributed by atoms with Crippen LogP contribution in [0, 0.1) is 0 Å². The molecule has 4 rings (SSSR count). The van der Waals surface area contributed by atoms with Crippen LogP contribution in [0.5, 0.6) is 5.75 Å². The summed E-state index contributed by atoms with van der Waals surface area (Å²) in [5, 5.41) is 4.47. The smallest absolute Gasteiger partial charge is 0.278 e. The highest BCUT2D eigenvalue weighted by Gasteiger charge is 2.22. The second-order valence-electron chi connectivity index (χ2n) is 7.25. The molecule has 3 aromatic rings. The van der Waals surface area contributed by atoms with Crippen LogP contribution >= 0.6 is 0 Å². The average molecular weight is 406 g/mol. The number of rotatable bonds is 6. The van der Waals surface area contributed by atoms with E-state index < -0.39 is 0 Å². The van der Waals surface area contributed by atoms with Gasteiger partial charge in [-0.3, -0.25) is 4.79 Å². The molecule has 0 aliphatic carbocycles. The zero-order valence-corrected chi connectivity index (χ0v) is 17.3. The fourth-order valence-electron chi connectivity index (χ4n) is 3.53. The van der Waals surface area contributed by atoms with Crippen molar-refractivity contribution in [2.75, 3.05) is 45.4 Å². The zero-order valence-electron chi connectivity index (χ0n) is 17.3. The van der Waals surface area contributed by atoms with E-state index in [1.807, 2.05) is 30.3 Å². The van der Waals surface area contributed by atoms with Gasteiger partial charge in [0.15, 0.2) is 11.4 Å². The van der Waals surface area contributed by atoms with Gasteiger partial charge in [-0.1, -0.05) is 30.3 Å². The first-order valence-electron chi connectivity index (χ1n) is 10.0. The summed E-state index contributed by atoms with van der Waals surface area (Å²) in [7, 11) is 3.33. The van der Waals surface area contributed by atoms with Crippen LogP contribution in [0.2, 0.25) is 0 Å². The number of hydrogen-bond donors (Lipinski definition) is 0. The summed E-state index contributed by atoms with van der Waals surface area (Å²) in [6.45, 7) is 3.82. The third-order valence-electron chi connectivity index (χ3n) is 5.20. The number of aromatic nitrogens is 2. The number of carbonyl (C=O) groups excluding carboxylic acids is 1. The molecule has 1 aliphatic heterocycles. The molecule has 0 atom stereocenters. The third-order valence-corrected chi connectivity index (χ3v) is 5.20. The van der Waals surface area contributed by atoms with Crippen molar-refractivity contribution in [2.45, 2.75) is 6.54 Å². The van der Waals surface area contributed by atoms with Gasteiger partial charge in [0.1, 0.15) is 0 Å². The van der Waals surface area contributed by atoms with Gasteiger partial charge in [0.25, 0.3) is 5.91 Å². The minimum atomic E-state index is -0.182. The highest BCUT2D eigenvalue weighted by molar-refractivity contribution is 5.94. The van der Waals surface area contributed by atoms with E-state index in [1.54, 1.807) is 29.9 Å². The molecule has 1 aliphatic rings. The van der Waals surface area contributed by atoms with Gasteiger partial charge in [-0.15, -0.1) is 0 Å². The van der Waals surface area contributed by atoms with E-state index in [4.69, 9.17) is 9.47 Å². The van der Waals surface area contributed by atoms with Crippen LogP contribution in [0.25, 0.3) is 5.69 Å². The number of amides is 1. The number of nitrogens with zero attached hydrogens (tertiary/aromatic N) is 4. The van der Waals surface area contributed by atoms with E-state index in [1.165, 1.54) is 5.69 Å². The Morgan fingerprint density at radius 1 is 1.07 bits per heavy atom. The van der Waals surface area contributed by atoms with Gasteiger partial charge in [-0.25, -0.2) is 4.68 Å². The molecule has 7 nitrogen and oxygen atoms in total. The molecule has 156 valence electrons. The van der Waals surface area contributed by atoms with E-state index in [9.17, 15) is 4.79 Å². The maximum atomic E-state index is 13.0. The van der Waals surface area contributed by atoms with Crippen LogP contribution in [-0.4, -0.2) is 61.0 Å². The summed E-state index contributed by atoms with van der Waals surface area (Å²) in [6.07, 6.45) is 1.73. The van der Waals surface area contributed by atoms with Gasteiger partial charge in [-0.05, 0) is 29.8 Å². The van der Waals surface area contributed by atoms with Gasteiger partial charge in [0.05, 0.1) is 32.2 Å². The van der Waals surface area contributed by atoms with Crippen molar-refractivity contribution >= 4 is 11.6 Å². The van der Waals surface area contributed by atoms with Gasteiger partial charge >= 0.3 is 0 Å². The second-order valence-corrected chi connectivity index (χ2v) is 7.25. The minimum Gasteiger partial charge on any atom is -0.493 e. The number of methoxy groups -OCH3 is 1. The predicted octanol–water partition coefficient (Wildman–Crippen LogP) is 2.99. The monoisotopic (exact) mass is 406 g/mol. The molecule has 2 heterocycles. The number of ether oxygens (including phenoxy) is 2. The van der Waals surface area contributed by atoms with Crippen LogP contribution < -0.4 is 9.64 Å². The molecular weight excluding hydrogens is 380 g/mol. The lowest BCUT2D eigenvalue weighted by molar-refractivity contribution is 0.0775. The fraction of sp³-hybridized carbons (Fsp3) is 0.304. The Kier molecular flexibility index (Phi) is 5.99. The summed E-state index contributed by atoms with van der Waals surface area (Å²) in [4.78, 5) is 17.0. The minimum absolute atomic E-state index is 0.182. The van der Waals surface area contributed by atoms with Gasteiger partial charge in [0, 0.05) is 32.4 Å². The standard InChI is InChI=1S/C23H26N4O3/c1-25(16-18-8-10-19(11-9-18)26-12-14-30-15-13-26)23(28)22-21(29-2)17-27(24-22)20-6-4-3-5-7-20/h3-11,17H,12-16H2,1-2H3. The van der Waals surface area contributed by atoms with Gasteiger partial charge < -0.3 is 19.3 Å². The Labute approximate surface area is 176 Å². The Hall–Kier alpha value is -3.32. The lowest BCUT2D eigenvalue weighted by Crippen LogP contribution is -2.36. The molecule has 1 amide bonds. The third kappa shape index (κ3) is 4.31. The average Bonchev–Trinajstić information content (AvgIpc) is 3.25. The van der Waals surface area contributed by atoms with Crippen molar-refractivity contribution in [3.8, 4) is 11.4 Å². The molecule has 0 N–H and O–H groups in total. The van der Waals surface area contributed by atoms with Crippen molar-refractivity contribution in [3.63, 3.8) is 0 Å². The molecule has 30 heavy (non-hydrogen) atoms. The van der Waals surface area contributed by atoms with Crippen LogP contribution in [0.1, 0.15) is 16.1 Å². The largest absolute Gasteiger partial charge is 0.493 e. The van der Waals surface area contributed by atoms with Crippen LogP contribution in [0.4, 0.5) is 5.69 Å². The van der Waals surface area contributed by atoms with Crippen molar-refractivity contribution < 1.29 is 14.3 Å². The van der Waals surface area contributed by atoms with Crippen LogP contribution in [-0.2, 0) is 11.3 Å². The summed E-state index contributed by atoms with van der Waals surface area (Å²) in [5.41, 5.74) is 3.41. The highest BCUT2D eigenvalue weighted by atomic mass is 16.5. The Morgan fingerprint density at radius 2 is 1.77 bits per heavy atom. The van der Waals surface area contributed by atoms with Gasteiger partial charge in [-0.2, -0.15) is 5.10 Å². The number of para-hydroxylation sites is 1. The Balaban J connectivity index is 1.46. The van der Waals surface area contributed by atoms with Crippen molar-refractivity contribution in [2.24, 2.45) is 0 Å². The molecule has 1 fully saturated rings. The molecule has 0 spiro atoms. The summed E-state index contributed by atoms with van der Waals surface area (Å²) in [5.74, 6) is 0.275. The van der Waals surface area contributed by atoms with E-state index in [0.29, 0.717) is 18.0 Å². The van der Waals surface area contributed by atoms with Crippen molar-refractivity contribution in [1.29, 1.82) is 0 Å². The van der Waals surface area contributed by atoms with E-state index in [2.05, 4.69) is 34.3 Å². The lowest BCUT2D eigenvalue weighted by Gasteiger charge is -2.29.